The Morgan fingerprint density at radius 1 is 1.30 bits per heavy atom. The van der Waals surface area contributed by atoms with Crippen molar-refractivity contribution >= 4 is 44.2 Å². The second kappa shape index (κ2) is 6.95. The number of nitrogens with one attached hydrogen (secondary N) is 1. The van der Waals surface area contributed by atoms with Crippen molar-refractivity contribution in [1.82, 2.24) is 4.98 Å². The first-order valence-electron chi connectivity index (χ1n) is 9.01. The molecular weight excluding hydrogens is 428 g/mol. The minimum atomic E-state index is -0.0791. The first-order chi connectivity index (χ1) is 12.8. The predicted octanol–water partition coefficient (Wildman–Crippen LogP) is 6.27. The van der Waals surface area contributed by atoms with Crippen LogP contribution in [-0.4, -0.2) is 4.98 Å². The molecule has 1 atom stereocenters. The maximum atomic E-state index is 12.9. The summed E-state index contributed by atoms with van der Waals surface area (Å²) in [5.41, 5.74) is 4.32. The van der Waals surface area contributed by atoms with Gasteiger partial charge in [0.2, 0.25) is 0 Å². The lowest BCUT2D eigenvalue weighted by molar-refractivity contribution is 0.527. The van der Waals surface area contributed by atoms with Crippen LogP contribution < -0.4 is 10.7 Å². The number of hydrogen-bond donors (Lipinski definition) is 1. The summed E-state index contributed by atoms with van der Waals surface area (Å²) in [4.78, 5) is 17.2. The number of aryl methyl sites for hydroxylation is 1. The Balaban J connectivity index is 1.83. The minimum absolute atomic E-state index is 0.0737. The number of hydrogen-bond acceptors (Lipinski definition) is 4. The highest BCUT2D eigenvalue weighted by atomic mass is 79.9. The Kier molecular flexibility index (Phi) is 4.77. The van der Waals surface area contributed by atoms with Crippen molar-refractivity contribution in [2.45, 2.75) is 45.6 Å². The molecule has 1 aliphatic carbocycles. The third kappa shape index (κ3) is 3.50. The highest BCUT2D eigenvalue weighted by Gasteiger charge is 2.30. The summed E-state index contributed by atoms with van der Waals surface area (Å²) in [5.74, 6) is 1.23. The van der Waals surface area contributed by atoms with Crippen molar-refractivity contribution < 1.29 is 4.42 Å². The van der Waals surface area contributed by atoms with Crippen LogP contribution >= 0.6 is 27.5 Å². The number of rotatable bonds is 4. The van der Waals surface area contributed by atoms with Gasteiger partial charge in [-0.15, -0.1) is 0 Å². The quantitative estimate of drug-likeness (QED) is 0.479. The fraction of sp³-hybridized carbons (Fsp3) is 0.333. The number of pyridine rings is 1. The van der Waals surface area contributed by atoms with Crippen LogP contribution in [0.4, 0.5) is 5.69 Å². The summed E-state index contributed by atoms with van der Waals surface area (Å²) < 4.78 is 6.95. The zero-order chi connectivity index (χ0) is 19.3. The van der Waals surface area contributed by atoms with E-state index >= 15 is 0 Å². The number of fused-ring (bicyclic) bond motifs is 1. The first-order valence-corrected chi connectivity index (χ1v) is 10.2. The van der Waals surface area contributed by atoms with Gasteiger partial charge in [-0.3, -0.25) is 4.79 Å². The second-order valence-electron chi connectivity index (χ2n) is 7.26. The maximum Gasteiger partial charge on any atom is 0.195 e. The largest absolute Gasteiger partial charge is 0.460 e. The lowest BCUT2D eigenvalue weighted by atomic mass is 9.99. The van der Waals surface area contributed by atoms with Crippen LogP contribution in [0.25, 0.3) is 11.0 Å². The van der Waals surface area contributed by atoms with Gasteiger partial charge in [-0.05, 0) is 73.3 Å². The highest BCUT2D eigenvalue weighted by Crippen LogP contribution is 2.42. The van der Waals surface area contributed by atoms with Crippen LogP contribution in [0.1, 0.15) is 54.2 Å². The molecule has 1 fully saturated rings. The molecule has 4 rings (SSSR count). The van der Waals surface area contributed by atoms with Gasteiger partial charge in [-0.2, -0.15) is 0 Å². The summed E-state index contributed by atoms with van der Waals surface area (Å²) in [6, 6.07) is 7.53. The van der Waals surface area contributed by atoms with Crippen molar-refractivity contribution in [3.63, 3.8) is 0 Å². The van der Waals surface area contributed by atoms with Gasteiger partial charge in [0.25, 0.3) is 0 Å². The highest BCUT2D eigenvalue weighted by molar-refractivity contribution is 9.10. The second-order valence-corrected chi connectivity index (χ2v) is 8.40. The summed E-state index contributed by atoms with van der Waals surface area (Å²) in [6.07, 6.45) is 2.18. The van der Waals surface area contributed by atoms with Crippen LogP contribution in [0, 0.1) is 13.8 Å². The molecule has 1 aliphatic rings. The number of halogens is 2. The molecule has 0 saturated heterocycles. The standard InChI is InChI=1S/C21H20BrClN2O2/c1-10-8-14(12(3)24-16-6-7-17(23)25-21(16)22)20-15(9-10)18(26)11(2)19(27-20)13-4-5-13/h6-9,12-13,24H,4-5H2,1-3H3. The van der Waals surface area contributed by atoms with Crippen LogP contribution in [0.15, 0.2) is 38.1 Å². The van der Waals surface area contributed by atoms with E-state index < -0.39 is 0 Å². The van der Waals surface area contributed by atoms with E-state index in [4.69, 9.17) is 16.0 Å². The summed E-state index contributed by atoms with van der Waals surface area (Å²) in [5, 5.41) is 4.52. The Morgan fingerprint density at radius 3 is 2.70 bits per heavy atom. The van der Waals surface area contributed by atoms with E-state index in [0.29, 0.717) is 26.6 Å². The molecule has 0 amide bonds. The summed E-state index contributed by atoms with van der Waals surface area (Å²) >= 11 is 9.38. The molecule has 140 valence electrons. The van der Waals surface area contributed by atoms with E-state index in [1.54, 1.807) is 6.07 Å². The van der Waals surface area contributed by atoms with Gasteiger partial charge >= 0.3 is 0 Å². The van der Waals surface area contributed by atoms with Crippen LogP contribution in [-0.2, 0) is 0 Å². The third-order valence-corrected chi connectivity index (χ3v) is 5.85. The molecule has 2 heterocycles. The fourth-order valence-electron chi connectivity index (χ4n) is 3.47. The molecule has 1 saturated carbocycles. The van der Waals surface area contributed by atoms with Crippen molar-refractivity contribution in [2.24, 2.45) is 0 Å². The van der Waals surface area contributed by atoms with Crippen molar-refractivity contribution in [2.75, 3.05) is 5.32 Å². The molecule has 0 spiro atoms. The monoisotopic (exact) mass is 446 g/mol. The number of anilines is 1. The molecule has 0 radical (unpaired) electrons. The number of nitrogens with zero attached hydrogens (tertiary/aromatic N) is 1. The average molecular weight is 448 g/mol. The van der Waals surface area contributed by atoms with Gasteiger partial charge in [-0.25, -0.2) is 4.98 Å². The average Bonchev–Trinajstić information content (AvgIpc) is 3.45. The minimum Gasteiger partial charge on any atom is -0.460 e. The van der Waals surface area contributed by atoms with Gasteiger partial charge in [0.1, 0.15) is 21.1 Å². The van der Waals surface area contributed by atoms with Gasteiger partial charge in [0.15, 0.2) is 5.43 Å². The summed E-state index contributed by atoms with van der Waals surface area (Å²) in [6.45, 7) is 5.92. The van der Waals surface area contributed by atoms with E-state index in [9.17, 15) is 4.79 Å². The molecule has 27 heavy (non-hydrogen) atoms. The van der Waals surface area contributed by atoms with E-state index in [1.807, 2.05) is 32.9 Å². The molecule has 2 aromatic heterocycles. The molecule has 1 N–H and O–H groups in total. The maximum absolute atomic E-state index is 12.9. The van der Waals surface area contributed by atoms with Crippen LogP contribution in [0.2, 0.25) is 5.15 Å². The lowest BCUT2D eigenvalue weighted by Crippen LogP contribution is -2.13. The van der Waals surface area contributed by atoms with Gasteiger partial charge < -0.3 is 9.73 Å². The molecule has 0 aliphatic heterocycles. The Bertz CT molecular complexity index is 1110. The number of aromatic nitrogens is 1. The van der Waals surface area contributed by atoms with E-state index in [0.717, 1.165) is 41.0 Å². The van der Waals surface area contributed by atoms with Crippen LogP contribution in [0.5, 0.6) is 0 Å². The van der Waals surface area contributed by atoms with Gasteiger partial charge in [-0.1, -0.05) is 17.7 Å². The Hall–Kier alpha value is -1.85. The predicted molar refractivity (Wildman–Crippen MR) is 113 cm³/mol. The zero-order valence-corrected chi connectivity index (χ0v) is 17.7. The lowest BCUT2D eigenvalue weighted by Gasteiger charge is -2.19. The van der Waals surface area contributed by atoms with E-state index in [2.05, 4.69) is 32.3 Å². The normalized spacial score (nSPS) is 15.1. The van der Waals surface area contributed by atoms with Crippen LogP contribution in [0.3, 0.4) is 0 Å². The van der Waals surface area contributed by atoms with Gasteiger partial charge in [0.05, 0.1) is 17.1 Å². The number of benzene rings is 1. The molecule has 3 aromatic rings. The molecule has 1 unspecified atom stereocenters. The first kappa shape index (κ1) is 18.5. The molecular formula is C21H20BrClN2O2. The topological polar surface area (TPSA) is 55.1 Å². The van der Waals surface area contributed by atoms with Gasteiger partial charge in [0, 0.05) is 17.0 Å². The molecule has 0 bridgehead atoms. The molecule has 6 heteroatoms. The molecule has 1 aromatic carbocycles. The SMILES string of the molecule is Cc1cc(C(C)Nc2ccc(Cl)nc2Br)c2oc(C3CC3)c(C)c(=O)c2c1. The van der Waals surface area contributed by atoms with Crippen molar-refractivity contribution in [3.8, 4) is 0 Å². The third-order valence-electron chi connectivity index (χ3n) is 5.03. The fourth-order valence-corrected chi connectivity index (χ4v) is 4.16. The van der Waals surface area contributed by atoms with Crippen molar-refractivity contribution in [1.29, 1.82) is 0 Å². The zero-order valence-electron chi connectivity index (χ0n) is 15.4. The molecule has 4 nitrogen and oxygen atoms in total. The Morgan fingerprint density at radius 2 is 2.04 bits per heavy atom. The summed E-state index contributed by atoms with van der Waals surface area (Å²) in [7, 11) is 0. The Labute approximate surface area is 171 Å². The van der Waals surface area contributed by atoms with E-state index in [-0.39, 0.29) is 11.5 Å². The van der Waals surface area contributed by atoms with Crippen molar-refractivity contribution in [3.05, 3.63) is 66.7 Å². The van der Waals surface area contributed by atoms with E-state index in [1.165, 1.54) is 0 Å². The smallest absolute Gasteiger partial charge is 0.195 e.